The summed E-state index contributed by atoms with van der Waals surface area (Å²) < 4.78 is 10.6. The number of carbonyl (C=O) groups excluding carboxylic acids is 2. The Balaban J connectivity index is 1.90. The summed E-state index contributed by atoms with van der Waals surface area (Å²) in [5, 5.41) is 21.0. The molecule has 0 aromatic heterocycles. The number of phenolic OH excluding ortho intramolecular Hbond substituents is 1. The number of benzene rings is 2. The number of aromatic hydroxyl groups is 1. The molecular formula is C24H25NO6. The molecule has 0 bridgehead atoms. The van der Waals surface area contributed by atoms with Crippen LogP contribution in [0.2, 0.25) is 0 Å². The van der Waals surface area contributed by atoms with E-state index in [1.807, 2.05) is 0 Å². The first-order valence-corrected chi connectivity index (χ1v) is 10.3. The van der Waals surface area contributed by atoms with Crippen molar-refractivity contribution in [1.82, 2.24) is 4.90 Å². The van der Waals surface area contributed by atoms with Crippen LogP contribution < -0.4 is 9.47 Å². The van der Waals surface area contributed by atoms with Crippen molar-refractivity contribution in [2.45, 2.75) is 37.8 Å². The maximum Gasteiger partial charge on any atom is 0.295 e. The molecule has 1 saturated carbocycles. The van der Waals surface area contributed by atoms with Crippen LogP contribution in [0, 0.1) is 0 Å². The lowest BCUT2D eigenvalue weighted by molar-refractivity contribution is -0.141. The highest BCUT2D eigenvalue weighted by molar-refractivity contribution is 6.46. The van der Waals surface area contributed by atoms with Gasteiger partial charge in [0.25, 0.3) is 11.7 Å². The van der Waals surface area contributed by atoms with Crippen LogP contribution in [0.15, 0.2) is 48.0 Å². The minimum atomic E-state index is -0.740. The van der Waals surface area contributed by atoms with Crippen molar-refractivity contribution in [3.05, 3.63) is 59.2 Å². The molecular weight excluding hydrogens is 398 g/mol. The molecule has 31 heavy (non-hydrogen) atoms. The van der Waals surface area contributed by atoms with Gasteiger partial charge < -0.3 is 24.6 Å². The zero-order valence-electron chi connectivity index (χ0n) is 17.5. The van der Waals surface area contributed by atoms with Gasteiger partial charge in [-0.3, -0.25) is 9.59 Å². The van der Waals surface area contributed by atoms with Gasteiger partial charge in [-0.2, -0.15) is 0 Å². The van der Waals surface area contributed by atoms with Crippen LogP contribution in [0.3, 0.4) is 0 Å². The first-order valence-electron chi connectivity index (χ1n) is 10.3. The lowest BCUT2D eigenvalue weighted by atomic mass is 9.94. The smallest absolute Gasteiger partial charge is 0.295 e. The Hall–Kier alpha value is -3.48. The molecule has 7 heteroatoms. The van der Waals surface area contributed by atoms with Gasteiger partial charge in [0.05, 0.1) is 31.4 Å². The lowest BCUT2D eigenvalue weighted by Gasteiger charge is -2.30. The van der Waals surface area contributed by atoms with Crippen molar-refractivity contribution in [1.29, 1.82) is 0 Å². The molecule has 2 aliphatic rings. The van der Waals surface area contributed by atoms with Crippen molar-refractivity contribution in [2.24, 2.45) is 0 Å². The summed E-state index contributed by atoms with van der Waals surface area (Å²) in [5.74, 6) is -0.683. The number of rotatable bonds is 5. The van der Waals surface area contributed by atoms with E-state index >= 15 is 0 Å². The topological polar surface area (TPSA) is 96.3 Å². The molecule has 7 nitrogen and oxygen atoms in total. The molecule has 1 aliphatic heterocycles. The SMILES string of the molecule is COc1ccc(/C(O)=C2/C(=O)C(=O)N(C3CCCC3)C2c2ccc(O)cc2)c(OC)c1. The number of ether oxygens (including phenoxy) is 2. The fourth-order valence-corrected chi connectivity index (χ4v) is 4.53. The predicted octanol–water partition coefficient (Wildman–Crippen LogP) is 3.77. The number of phenols is 1. The second-order valence-corrected chi connectivity index (χ2v) is 7.80. The number of likely N-dealkylation sites (tertiary alicyclic amines) is 1. The number of nitrogens with zero attached hydrogens (tertiary/aromatic N) is 1. The van der Waals surface area contributed by atoms with Crippen molar-refractivity contribution in [3.8, 4) is 17.2 Å². The molecule has 1 heterocycles. The summed E-state index contributed by atoms with van der Waals surface area (Å²) in [6.07, 6.45) is 3.60. The highest BCUT2D eigenvalue weighted by Gasteiger charge is 2.49. The molecule has 2 aromatic carbocycles. The zero-order chi connectivity index (χ0) is 22.1. The highest BCUT2D eigenvalue weighted by atomic mass is 16.5. The molecule has 162 valence electrons. The minimum absolute atomic E-state index is 0.0195. The normalized spacial score (nSPS) is 21.0. The third-order valence-corrected chi connectivity index (χ3v) is 6.07. The molecule has 1 amide bonds. The van der Waals surface area contributed by atoms with Crippen LogP contribution in [0.1, 0.15) is 42.9 Å². The van der Waals surface area contributed by atoms with Crippen molar-refractivity contribution < 1.29 is 29.3 Å². The molecule has 2 fully saturated rings. The summed E-state index contributed by atoms with van der Waals surface area (Å²) in [6.45, 7) is 0. The van der Waals surface area contributed by atoms with E-state index in [9.17, 15) is 19.8 Å². The number of hydrogen-bond donors (Lipinski definition) is 2. The van der Waals surface area contributed by atoms with Crippen molar-refractivity contribution in [3.63, 3.8) is 0 Å². The van der Waals surface area contributed by atoms with Gasteiger partial charge >= 0.3 is 0 Å². The van der Waals surface area contributed by atoms with Gasteiger partial charge in [0.15, 0.2) is 0 Å². The van der Waals surface area contributed by atoms with Crippen LogP contribution >= 0.6 is 0 Å². The fourth-order valence-electron chi connectivity index (χ4n) is 4.53. The molecule has 1 saturated heterocycles. The summed E-state index contributed by atoms with van der Waals surface area (Å²) in [5.41, 5.74) is 0.973. The van der Waals surface area contributed by atoms with Crippen LogP contribution in [-0.2, 0) is 9.59 Å². The van der Waals surface area contributed by atoms with Crippen LogP contribution in [-0.4, -0.2) is 47.1 Å². The van der Waals surface area contributed by atoms with Crippen molar-refractivity contribution >= 4 is 17.4 Å². The third kappa shape index (κ3) is 3.60. The maximum absolute atomic E-state index is 13.1. The van der Waals surface area contributed by atoms with E-state index in [0.29, 0.717) is 22.6 Å². The largest absolute Gasteiger partial charge is 0.508 e. The third-order valence-electron chi connectivity index (χ3n) is 6.07. The molecule has 0 spiro atoms. The standard InChI is InChI=1S/C24H25NO6/c1-30-17-11-12-18(19(13-17)31-2)22(27)20-21(14-7-9-16(26)10-8-14)25(24(29)23(20)28)15-5-3-4-6-15/h7-13,15,21,26-27H,3-6H2,1-2H3/b22-20-. The number of aliphatic hydroxyl groups excluding tert-OH is 1. The Kier molecular flexibility index (Phi) is 5.59. The minimum Gasteiger partial charge on any atom is -0.508 e. The molecule has 1 aliphatic carbocycles. The highest BCUT2D eigenvalue weighted by Crippen LogP contribution is 2.44. The summed E-state index contributed by atoms with van der Waals surface area (Å²) in [7, 11) is 2.98. The van der Waals surface area contributed by atoms with Gasteiger partial charge in [0, 0.05) is 12.1 Å². The van der Waals surface area contributed by atoms with E-state index in [0.717, 1.165) is 25.7 Å². The van der Waals surface area contributed by atoms with Gasteiger partial charge in [0.2, 0.25) is 0 Å². The maximum atomic E-state index is 13.1. The van der Waals surface area contributed by atoms with E-state index in [2.05, 4.69) is 0 Å². The van der Waals surface area contributed by atoms with Gasteiger partial charge in [-0.05, 0) is 42.7 Å². The Morgan fingerprint density at radius 2 is 1.68 bits per heavy atom. The predicted molar refractivity (Wildman–Crippen MR) is 114 cm³/mol. The van der Waals surface area contributed by atoms with Crippen molar-refractivity contribution in [2.75, 3.05) is 14.2 Å². The fraction of sp³-hybridized carbons (Fsp3) is 0.333. The van der Waals surface area contributed by atoms with Crippen LogP contribution in [0.4, 0.5) is 0 Å². The first-order chi connectivity index (χ1) is 15.0. The van der Waals surface area contributed by atoms with E-state index in [-0.39, 0.29) is 23.1 Å². The Morgan fingerprint density at radius 3 is 2.29 bits per heavy atom. The molecule has 2 N–H and O–H groups in total. The number of Topliss-reactive ketones (excluding diaryl/α,β-unsaturated/α-hetero) is 1. The second kappa shape index (κ2) is 8.34. The average molecular weight is 423 g/mol. The zero-order valence-corrected chi connectivity index (χ0v) is 17.5. The number of hydrogen-bond acceptors (Lipinski definition) is 6. The monoisotopic (exact) mass is 423 g/mol. The number of amides is 1. The summed E-state index contributed by atoms with van der Waals surface area (Å²) in [4.78, 5) is 27.8. The van der Waals surface area contributed by atoms with Crippen LogP contribution in [0.25, 0.3) is 5.76 Å². The van der Waals surface area contributed by atoms with E-state index < -0.39 is 17.7 Å². The Bertz CT molecular complexity index is 1040. The average Bonchev–Trinajstić information content (AvgIpc) is 3.40. The second-order valence-electron chi connectivity index (χ2n) is 7.80. The Morgan fingerprint density at radius 1 is 1.00 bits per heavy atom. The van der Waals surface area contributed by atoms with E-state index in [4.69, 9.17) is 9.47 Å². The number of ketones is 1. The molecule has 2 aromatic rings. The van der Waals surface area contributed by atoms with Gasteiger partial charge in [-0.15, -0.1) is 0 Å². The van der Waals surface area contributed by atoms with E-state index in [1.165, 1.54) is 26.4 Å². The van der Waals surface area contributed by atoms with Gasteiger partial charge in [0.1, 0.15) is 23.0 Å². The molecule has 1 unspecified atom stereocenters. The number of carbonyl (C=O) groups is 2. The van der Waals surface area contributed by atoms with Gasteiger partial charge in [-0.1, -0.05) is 25.0 Å². The van der Waals surface area contributed by atoms with E-state index in [1.54, 1.807) is 35.2 Å². The molecule has 1 atom stereocenters. The summed E-state index contributed by atoms with van der Waals surface area (Å²) in [6, 6.07) is 10.4. The van der Waals surface area contributed by atoms with Gasteiger partial charge in [-0.25, -0.2) is 0 Å². The first kappa shape index (κ1) is 20.8. The van der Waals surface area contributed by atoms with Crippen LogP contribution in [0.5, 0.6) is 17.2 Å². The summed E-state index contributed by atoms with van der Waals surface area (Å²) >= 11 is 0. The quantitative estimate of drug-likeness (QED) is 0.432. The number of aliphatic hydroxyl groups is 1. The lowest BCUT2D eigenvalue weighted by Crippen LogP contribution is -2.37. The number of methoxy groups -OCH3 is 2. The molecule has 4 rings (SSSR count). The Labute approximate surface area is 180 Å². The molecule has 0 radical (unpaired) electrons.